The fraction of sp³-hybridized carbons (Fsp3) is 0.231. The predicted molar refractivity (Wildman–Crippen MR) is 81.8 cm³/mol. The highest BCUT2D eigenvalue weighted by molar-refractivity contribution is 7.06. The van der Waals surface area contributed by atoms with Gasteiger partial charge in [0, 0.05) is 11.6 Å². The summed E-state index contributed by atoms with van der Waals surface area (Å²) in [6, 6.07) is 5.60. The maximum Gasteiger partial charge on any atom is 0.244 e. The average molecular weight is 314 g/mol. The molecule has 7 heteroatoms. The number of benzene rings is 1. The summed E-state index contributed by atoms with van der Waals surface area (Å²) in [6.45, 7) is 2.07. The van der Waals surface area contributed by atoms with Crippen LogP contribution in [-0.4, -0.2) is 17.6 Å². The number of rotatable bonds is 4. The molecule has 0 aliphatic heterocycles. The van der Waals surface area contributed by atoms with E-state index in [4.69, 9.17) is 10.1 Å². The first-order chi connectivity index (χ1) is 9.10. The molecule has 2 N–H and O–H groups in total. The SMILES string of the molecule is COc1ccc(C)cc1NC(=O)Cn1ccsc1=N.Cl. The summed E-state index contributed by atoms with van der Waals surface area (Å²) in [7, 11) is 1.57. The van der Waals surface area contributed by atoms with Crippen LogP contribution in [0.15, 0.2) is 29.8 Å². The molecule has 0 saturated heterocycles. The van der Waals surface area contributed by atoms with Crippen molar-refractivity contribution in [2.45, 2.75) is 13.5 Å². The summed E-state index contributed by atoms with van der Waals surface area (Å²) in [5.41, 5.74) is 1.69. The number of amides is 1. The van der Waals surface area contributed by atoms with E-state index in [2.05, 4.69) is 5.32 Å². The van der Waals surface area contributed by atoms with Crippen LogP contribution >= 0.6 is 23.7 Å². The molecular formula is C13H16ClN3O2S. The highest BCUT2D eigenvalue weighted by atomic mass is 35.5. The quantitative estimate of drug-likeness (QED) is 0.910. The fourth-order valence-corrected chi connectivity index (χ4v) is 2.29. The maximum absolute atomic E-state index is 11.9. The van der Waals surface area contributed by atoms with Crippen molar-refractivity contribution in [3.63, 3.8) is 0 Å². The van der Waals surface area contributed by atoms with Crippen LogP contribution in [0.25, 0.3) is 0 Å². The number of aromatic nitrogens is 1. The van der Waals surface area contributed by atoms with Gasteiger partial charge in [0.1, 0.15) is 12.3 Å². The van der Waals surface area contributed by atoms with Crippen molar-refractivity contribution < 1.29 is 9.53 Å². The monoisotopic (exact) mass is 313 g/mol. The van der Waals surface area contributed by atoms with E-state index in [1.807, 2.05) is 25.1 Å². The number of hydrogen-bond donors (Lipinski definition) is 2. The Morgan fingerprint density at radius 1 is 1.50 bits per heavy atom. The van der Waals surface area contributed by atoms with Gasteiger partial charge in [-0.25, -0.2) is 0 Å². The van der Waals surface area contributed by atoms with Crippen LogP contribution in [0.1, 0.15) is 5.56 Å². The molecule has 0 saturated carbocycles. The van der Waals surface area contributed by atoms with Crippen LogP contribution in [0.5, 0.6) is 5.75 Å². The smallest absolute Gasteiger partial charge is 0.244 e. The first-order valence-electron chi connectivity index (χ1n) is 5.73. The summed E-state index contributed by atoms with van der Waals surface area (Å²) in [5.74, 6) is 0.446. The van der Waals surface area contributed by atoms with Crippen molar-refractivity contribution in [2.75, 3.05) is 12.4 Å². The van der Waals surface area contributed by atoms with Gasteiger partial charge >= 0.3 is 0 Å². The van der Waals surface area contributed by atoms with E-state index in [1.54, 1.807) is 23.3 Å². The van der Waals surface area contributed by atoms with Crippen molar-refractivity contribution in [3.8, 4) is 5.75 Å². The second-order valence-corrected chi connectivity index (χ2v) is 4.98. The maximum atomic E-state index is 11.9. The molecule has 1 aromatic heterocycles. The van der Waals surface area contributed by atoms with E-state index in [0.717, 1.165) is 5.56 Å². The van der Waals surface area contributed by atoms with Crippen LogP contribution in [-0.2, 0) is 11.3 Å². The number of carbonyl (C=O) groups excluding carboxylic acids is 1. The Bertz CT molecular complexity index is 651. The predicted octanol–water partition coefficient (Wildman–Crippen LogP) is 2.41. The molecular weight excluding hydrogens is 298 g/mol. The average Bonchev–Trinajstić information content (AvgIpc) is 2.75. The zero-order valence-corrected chi connectivity index (χ0v) is 12.8. The van der Waals surface area contributed by atoms with Gasteiger partial charge in [0.25, 0.3) is 0 Å². The van der Waals surface area contributed by atoms with Gasteiger partial charge in [-0.1, -0.05) is 6.07 Å². The van der Waals surface area contributed by atoms with Crippen LogP contribution < -0.4 is 14.9 Å². The van der Waals surface area contributed by atoms with E-state index in [1.165, 1.54) is 11.3 Å². The lowest BCUT2D eigenvalue weighted by molar-refractivity contribution is -0.116. The first-order valence-corrected chi connectivity index (χ1v) is 6.61. The summed E-state index contributed by atoms with van der Waals surface area (Å²) in [6.07, 6.45) is 1.72. The number of aryl methyl sites for hydroxylation is 1. The Hall–Kier alpha value is -1.79. The zero-order chi connectivity index (χ0) is 13.8. The van der Waals surface area contributed by atoms with Gasteiger partial charge in [-0.3, -0.25) is 10.2 Å². The van der Waals surface area contributed by atoms with Gasteiger partial charge in [-0.2, -0.15) is 0 Å². The molecule has 2 aromatic rings. The number of carbonyl (C=O) groups is 1. The van der Waals surface area contributed by atoms with Gasteiger partial charge in [-0.05, 0) is 24.6 Å². The number of nitrogens with one attached hydrogen (secondary N) is 2. The topological polar surface area (TPSA) is 67.1 Å². The lowest BCUT2D eigenvalue weighted by Gasteiger charge is -2.11. The molecule has 5 nitrogen and oxygen atoms in total. The van der Waals surface area contributed by atoms with E-state index < -0.39 is 0 Å². The van der Waals surface area contributed by atoms with Crippen LogP contribution in [0.4, 0.5) is 5.69 Å². The lowest BCUT2D eigenvalue weighted by Crippen LogP contribution is -2.24. The number of hydrogen-bond acceptors (Lipinski definition) is 4. The molecule has 2 rings (SSSR count). The Morgan fingerprint density at radius 2 is 2.25 bits per heavy atom. The van der Waals surface area contributed by atoms with Crippen LogP contribution in [0.2, 0.25) is 0 Å². The fourth-order valence-electron chi connectivity index (χ4n) is 1.69. The molecule has 0 radical (unpaired) electrons. The van der Waals surface area contributed by atoms with Gasteiger partial charge < -0.3 is 14.6 Å². The minimum Gasteiger partial charge on any atom is -0.495 e. The van der Waals surface area contributed by atoms with Crippen molar-refractivity contribution in [3.05, 3.63) is 40.1 Å². The van der Waals surface area contributed by atoms with Gasteiger partial charge in [0.15, 0.2) is 4.80 Å². The Morgan fingerprint density at radius 3 is 2.85 bits per heavy atom. The molecule has 108 valence electrons. The number of anilines is 1. The standard InChI is InChI=1S/C13H15N3O2S.ClH/c1-9-3-4-11(18-2)10(7-9)15-12(17)8-16-5-6-19-13(16)14;/h3-7,14H,8H2,1-2H3,(H,15,17);1H. The molecule has 0 fully saturated rings. The Labute approximate surface area is 127 Å². The molecule has 1 aromatic carbocycles. The summed E-state index contributed by atoms with van der Waals surface area (Å²) in [5, 5.41) is 12.2. The highest BCUT2D eigenvalue weighted by Gasteiger charge is 2.08. The first kappa shape index (κ1) is 16.3. The number of halogens is 1. The lowest BCUT2D eigenvalue weighted by atomic mass is 10.2. The number of ether oxygens (including phenoxy) is 1. The molecule has 20 heavy (non-hydrogen) atoms. The highest BCUT2D eigenvalue weighted by Crippen LogP contribution is 2.25. The third-order valence-corrected chi connectivity index (χ3v) is 3.34. The molecule has 1 heterocycles. The second kappa shape index (κ2) is 7.12. The molecule has 0 aliphatic rings. The minimum atomic E-state index is -0.180. The van der Waals surface area contributed by atoms with Crippen LogP contribution in [0.3, 0.4) is 0 Å². The number of methoxy groups -OCH3 is 1. The molecule has 1 amide bonds. The summed E-state index contributed by atoms with van der Waals surface area (Å²) >= 11 is 1.29. The third kappa shape index (κ3) is 3.85. The van der Waals surface area contributed by atoms with Crippen LogP contribution in [0, 0.1) is 12.3 Å². The van der Waals surface area contributed by atoms with E-state index in [9.17, 15) is 4.79 Å². The van der Waals surface area contributed by atoms with Gasteiger partial charge in [-0.15, -0.1) is 23.7 Å². The molecule has 0 atom stereocenters. The van der Waals surface area contributed by atoms with Crippen molar-refractivity contribution >= 4 is 35.3 Å². The van der Waals surface area contributed by atoms with Crippen molar-refractivity contribution in [1.29, 1.82) is 5.41 Å². The number of thiazole rings is 1. The summed E-state index contributed by atoms with van der Waals surface area (Å²) in [4.78, 5) is 12.3. The molecule has 0 bridgehead atoms. The zero-order valence-electron chi connectivity index (χ0n) is 11.2. The largest absolute Gasteiger partial charge is 0.495 e. The van der Waals surface area contributed by atoms with E-state index in [-0.39, 0.29) is 24.9 Å². The Balaban J connectivity index is 0.00000200. The number of nitrogens with zero attached hydrogens (tertiary/aromatic N) is 1. The molecule has 0 spiro atoms. The van der Waals surface area contributed by atoms with Crippen molar-refractivity contribution in [1.82, 2.24) is 4.57 Å². The van der Waals surface area contributed by atoms with E-state index in [0.29, 0.717) is 16.2 Å². The Kier molecular flexibility index (Phi) is 5.79. The van der Waals surface area contributed by atoms with E-state index >= 15 is 0 Å². The van der Waals surface area contributed by atoms with Gasteiger partial charge in [0.2, 0.25) is 5.91 Å². The summed E-state index contributed by atoms with van der Waals surface area (Å²) < 4.78 is 6.79. The second-order valence-electron chi connectivity index (χ2n) is 4.09. The minimum absolute atomic E-state index is 0. The third-order valence-electron chi connectivity index (χ3n) is 2.62. The normalized spacial score (nSPS) is 9.70. The molecule has 0 aliphatic carbocycles. The van der Waals surface area contributed by atoms with Gasteiger partial charge in [0.05, 0.1) is 12.8 Å². The van der Waals surface area contributed by atoms with Crippen molar-refractivity contribution in [2.24, 2.45) is 0 Å². The molecule has 0 unspecified atom stereocenters.